The Kier molecular flexibility index (Phi) is 10.5. The van der Waals surface area contributed by atoms with Crippen LogP contribution in [0.1, 0.15) is 28.8 Å². The zero-order valence-corrected chi connectivity index (χ0v) is 17.2. The third-order valence-corrected chi connectivity index (χ3v) is 5.22. The van der Waals surface area contributed by atoms with Gasteiger partial charge in [0.25, 0.3) is 5.91 Å². The summed E-state index contributed by atoms with van der Waals surface area (Å²) < 4.78 is 0. The second kappa shape index (κ2) is 11.8. The molecular formula is C19H32Cl2N4O. The molecule has 0 aromatic heterocycles. The Labute approximate surface area is 169 Å². The molecule has 2 heterocycles. The van der Waals surface area contributed by atoms with Crippen molar-refractivity contribution in [2.75, 3.05) is 52.9 Å². The van der Waals surface area contributed by atoms with Crippen LogP contribution >= 0.6 is 24.8 Å². The highest BCUT2D eigenvalue weighted by molar-refractivity contribution is 5.94. The molecule has 26 heavy (non-hydrogen) atoms. The maximum atomic E-state index is 12.2. The van der Waals surface area contributed by atoms with Crippen LogP contribution in [-0.2, 0) is 6.54 Å². The van der Waals surface area contributed by atoms with E-state index in [4.69, 9.17) is 0 Å². The first kappa shape index (κ1) is 23.2. The zero-order chi connectivity index (χ0) is 16.8. The topological polar surface area (TPSA) is 47.6 Å². The van der Waals surface area contributed by atoms with E-state index in [-0.39, 0.29) is 30.7 Å². The number of likely N-dealkylation sites (N-methyl/N-ethyl adjacent to an activating group) is 1. The van der Waals surface area contributed by atoms with E-state index in [2.05, 4.69) is 39.6 Å². The first-order valence-corrected chi connectivity index (χ1v) is 9.19. The van der Waals surface area contributed by atoms with Gasteiger partial charge in [-0.2, -0.15) is 0 Å². The first-order valence-electron chi connectivity index (χ1n) is 9.19. The standard InChI is InChI=1S/C19H30N4O.2ClH/c1-22-10-12-23(13-11-22)15-17-2-4-18(5-3-17)19(24)21-9-7-16-6-8-20-14-16;;/h2-5,16,20H,6-15H2,1H3,(H,21,24);2*1H. The third kappa shape index (κ3) is 7.05. The fraction of sp³-hybridized carbons (Fsp3) is 0.632. The molecule has 2 aliphatic rings. The summed E-state index contributed by atoms with van der Waals surface area (Å²) in [6, 6.07) is 8.10. The van der Waals surface area contributed by atoms with Crippen molar-refractivity contribution in [3.05, 3.63) is 35.4 Å². The summed E-state index contributed by atoms with van der Waals surface area (Å²) in [4.78, 5) is 17.1. The molecular weight excluding hydrogens is 371 g/mol. The number of carbonyl (C=O) groups is 1. The summed E-state index contributed by atoms with van der Waals surface area (Å²) in [5.41, 5.74) is 2.05. The highest BCUT2D eigenvalue weighted by atomic mass is 35.5. The first-order chi connectivity index (χ1) is 11.7. The van der Waals surface area contributed by atoms with Gasteiger partial charge in [-0.25, -0.2) is 0 Å². The number of amides is 1. The summed E-state index contributed by atoms with van der Waals surface area (Å²) in [5, 5.41) is 6.41. The zero-order valence-electron chi connectivity index (χ0n) is 15.6. The maximum absolute atomic E-state index is 12.2. The Hall–Kier alpha value is -0.850. The van der Waals surface area contributed by atoms with Crippen LogP contribution < -0.4 is 10.6 Å². The van der Waals surface area contributed by atoms with Gasteiger partial charge in [-0.05, 0) is 56.6 Å². The average Bonchev–Trinajstić information content (AvgIpc) is 3.11. The van der Waals surface area contributed by atoms with E-state index in [1.165, 1.54) is 12.0 Å². The van der Waals surface area contributed by atoms with Crippen molar-refractivity contribution in [3.63, 3.8) is 0 Å². The molecule has 2 N–H and O–H groups in total. The lowest BCUT2D eigenvalue weighted by atomic mass is 10.1. The van der Waals surface area contributed by atoms with E-state index in [0.717, 1.165) is 70.3 Å². The molecule has 1 unspecified atom stereocenters. The number of hydrogen-bond acceptors (Lipinski definition) is 4. The van der Waals surface area contributed by atoms with E-state index in [0.29, 0.717) is 0 Å². The number of nitrogens with zero attached hydrogens (tertiary/aromatic N) is 2. The fourth-order valence-electron chi connectivity index (χ4n) is 3.48. The van der Waals surface area contributed by atoms with Crippen molar-refractivity contribution < 1.29 is 4.79 Å². The molecule has 0 radical (unpaired) electrons. The quantitative estimate of drug-likeness (QED) is 0.763. The smallest absolute Gasteiger partial charge is 0.251 e. The minimum atomic E-state index is 0. The molecule has 0 saturated carbocycles. The van der Waals surface area contributed by atoms with Crippen molar-refractivity contribution in [1.29, 1.82) is 0 Å². The Morgan fingerprint density at radius 1 is 1.15 bits per heavy atom. The molecule has 5 nitrogen and oxygen atoms in total. The van der Waals surface area contributed by atoms with Crippen molar-refractivity contribution in [2.24, 2.45) is 5.92 Å². The number of piperazine rings is 1. The largest absolute Gasteiger partial charge is 0.352 e. The predicted molar refractivity (Wildman–Crippen MR) is 112 cm³/mol. The lowest BCUT2D eigenvalue weighted by Gasteiger charge is -2.32. The Morgan fingerprint density at radius 3 is 2.46 bits per heavy atom. The number of halogens is 2. The molecule has 2 fully saturated rings. The summed E-state index contributed by atoms with van der Waals surface area (Å²) >= 11 is 0. The molecule has 1 atom stereocenters. The molecule has 7 heteroatoms. The van der Waals surface area contributed by atoms with E-state index < -0.39 is 0 Å². The Bertz CT molecular complexity index is 527. The van der Waals surface area contributed by atoms with Gasteiger partial charge in [0.05, 0.1) is 0 Å². The molecule has 1 aromatic carbocycles. The number of hydrogen-bond donors (Lipinski definition) is 2. The third-order valence-electron chi connectivity index (χ3n) is 5.22. The summed E-state index contributed by atoms with van der Waals surface area (Å²) in [6.45, 7) is 8.47. The van der Waals surface area contributed by atoms with Gasteiger partial charge in [-0.1, -0.05) is 12.1 Å². The van der Waals surface area contributed by atoms with Crippen LogP contribution in [0.25, 0.3) is 0 Å². The molecule has 148 valence electrons. The van der Waals surface area contributed by atoms with Crippen LogP contribution in [-0.4, -0.2) is 68.6 Å². The minimum absolute atomic E-state index is 0. The van der Waals surface area contributed by atoms with E-state index >= 15 is 0 Å². The molecule has 1 amide bonds. The van der Waals surface area contributed by atoms with Crippen molar-refractivity contribution in [2.45, 2.75) is 19.4 Å². The highest BCUT2D eigenvalue weighted by Gasteiger charge is 2.15. The lowest BCUT2D eigenvalue weighted by Crippen LogP contribution is -2.43. The van der Waals surface area contributed by atoms with Gasteiger partial charge in [-0.3, -0.25) is 9.69 Å². The maximum Gasteiger partial charge on any atom is 0.251 e. The van der Waals surface area contributed by atoms with Gasteiger partial charge in [-0.15, -0.1) is 24.8 Å². The van der Waals surface area contributed by atoms with Crippen LogP contribution in [0.15, 0.2) is 24.3 Å². The average molecular weight is 403 g/mol. The van der Waals surface area contributed by atoms with Crippen molar-refractivity contribution in [1.82, 2.24) is 20.4 Å². The number of rotatable bonds is 6. The summed E-state index contributed by atoms with van der Waals surface area (Å²) in [5.74, 6) is 0.767. The second-order valence-electron chi connectivity index (χ2n) is 7.18. The summed E-state index contributed by atoms with van der Waals surface area (Å²) in [6.07, 6.45) is 2.30. The number of nitrogens with one attached hydrogen (secondary N) is 2. The highest BCUT2D eigenvalue weighted by Crippen LogP contribution is 2.12. The molecule has 2 saturated heterocycles. The lowest BCUT2D eigenvalue weighted by molar-refractivity contribution is 0.0951. The SMILES string of the molecule is CN1CCN(Cc2ccc(C(=O)NCCC3CCNC3)cc2)CC1.Cl.Cl. The van der Waals surface area contributed by atoms with Crippen LogP contribution in [0.4, 0.5) is 0 Å². The Morgan fingerprint density at radius 2 is 1.85 bits per heavy atom. The van der Waals surface area contributed by atoms with Crippen LogP contribution in [0.3, 0.4) is 0 Å². The summed E-state index contributed by atoms with van der Waals surface area (Å²) in [7, 11) is 2.17. The molecule has 0 bridgehead atoms. The Balaban J connectivity index is 0.00000169. The molecule has 0 spiro atoms. The number of benzene rings is 1. The van der Waals surface area contributed by atoms with Crippen molar-refractivity contribution in [3.8, 4) is 0 Å². The van der Waals surface area contributed by atoms with Gasteiger partial charge in [0, 0.05) is 44.8 Å². The van der Waals surface area contributed by atoms with Crippen molar-refractivity contribution >= 4 is 30.7 Å². The number of carbonyl (C=O) groups excluding carboxylic acids is 1. The fourth-order valence-corrected chi connectivity index (χ4v) is 3.48. The van der Waals surface area contributed by atoms with Gasteiger partial charge in [0.2, 0.25) is 0 Å². The van der Waals surface area contributed by atoms with E-state index in [9.17, 15) is 4.79 Å². The molecule has 3 rings (SSSR count). The molecule has 1 aromatic rings. The molecule has 2 aliphatic heterocycles. The van der Waals surface area contributed by atoms with E-state index in [1.54, 1.807) is 0 Å². The van der Waals surface area contributed by atoms with Gasteiger partial charge in [0.1, 0.15) is 0 Å². The van der Waals surface area contributed by atoms with Crippen LogP contribution in [0.2, 0.25) is 0 Å². The van der Waals surface area contributed by atoms with Crippen LogP contribution in [0, 0.1) is 5.92 Å². The van der Waals surface area contributed by atoms with Crippen LogP contribution in [0.5, 0.6) is 0 Å². The van der Waals surface area contributed by atoms with E-state index in [1.807, 2.05) is 12.1 Å². The monoisotopic (exact) mass is 402 g/mol. The predicted octanol–water partition coefficient (Wildman–Crippen LogP) is 2.01. The van der Waals surface area contributed by atoms with Gasteiger partial charge >= 0.3 is 0 Å². The minimum Gasteiger partial charge on any atom is -0.352 e. The second-order valence-corrected chi connectivity index (χ2v) is 7.18. The van der Waals surface area contributed by atoms with Gasteiger partial charge in [0.15, 0.2) is 0 Å². The van der Waals surface area contributed by atoms with Gasteiger partial charge < -0.3 is 15.5 Å². The molecule has 0 aliphatic carbocycles. The normalized spacial score (nSPS) is 20.9.